The van der Waals surface area contributed by atoms with Crippen LogP contribution in [-0.2, 0) is 6.42 Å². The summed E-state index contributed by atoms with van der Waals surface area (Å²) in [5.74, 6) is 4.92. The summed E-state index contributed by atoms with van der Waals surface area (Å²) in [6.07, 6.45) is 1.79. The molecule has 0 aliphatic heterocycles. The predicted molar refractivity (Wildman–Crippen MR) is 57.2 cm³/mol. The van der Waals surface area contributed by atoms with Gasteiger partial charge in [0.15, 0.2) is 0 Å². The summed E-state index contributed by atoms with van der Waals surface area (Å²) in [4.78, 5) is 10.2. The lowest BCUT2D eigenvalue weighted by molar-refractivity contribution is -0.385. The van der Waals surface area contributed by atoms with Crippen LogP contribution in [0.3, 0.4) is 0 Å². The van der Waals surface area contributed by atoms with E-state index in [1.54, 1.807) is 12.1 Å². The molecule has 0 amide bonds. The fourth-order valence-corrected chi connectivity index (χ4v) is 1.38. The Morgan fingerprint density at radius 1 is 1.64 bits per heavy atom. The number of nitrogens with two attached hydrogens (primary N) is 1. The van der Waals surface area contributed by atoms with Crippen molar-refractivity contribution in [3.05, 3.63) is 38.3 Å². The van der Waals surface area contributed by atoms with E-state index in [2.05, 4.69) is 21.0 Å². The molecule has 0 heterocycles. The second kappa shape index (κ2) is 4.71. The standard InChI is InChI=1S/C8H8BrN3O2/c9-7-2-1-6(3-4-11-10)8(5-7)12(13)14/h1-2,4-5H,3,10H2. The second-order valence-corrected chi connectivity index (χ2v) is 3.48. The molecule has 1 rings (SSSR count). The summed E-state index contributed by atoms with van der Waals surface area (Å²) in [7, 11) is 0. The van der Waals surface area contributed by atoms with Crippen LogP contribution in [0.5, 0.6) is 0 Å². The highest BCUT2D eigenvalue weighted by Gasteiger charge is 2.12. The number of halogens is 1. The van der Waals surface area contributed by atoms with Crippen LogP contribution in [0.2, 0.25) is 0 Å². The highest BCUT2D eigenvalue weighted by atomic mass is 79.9. The van der Waals surface area contributed by atoms with Crippen molar-refractivity contribution in [2.24, 2.45) is 10.9 Å². The van der Waals surface area contributed by atoms with Crippen LogP contribution < -0.4 is 5.84 Å². The maximum Gasteiger partial charge on any atom is 0.274 e. The molecule has 74 valence electrons. The van der Waals surface area contributed by atoms with Crippen molar-refractivity contribution < 1.29 is 4.92 Å². The van der Waals surface area contributed by atoms with Gasteiger partial charge in [-0.1, -0.05) is 22.0 Å². The lowest BCUT2D eigenvalue weighted by Gasteiger charge is -1.99. The van der Waals surface area contributed by atoms with Gasteiger partial charge in [-0.05, 0) is 6.07 Å². The SMILES string of the molecule is NN=CCc1ccc(Br)cc1[N+](=O)[O-]. The lowest BCUT2D eigenvalue weighted by atomic mass is 10.1. The Bertz CT molecular complexity index is 379. The van der Waals surface area contributed by atoms with E-state index in [9.17, 15) is 10.1 Å². The molecule has 0 radical (unpaired) electrons. The normalized spacial score (nSPS) is 10.6. The van der Waals surface area contributed by atoms with E-state index in [1.165, 1.54) is 12.3 Å². The van der Waals surface area contributed by atoms with Crippen molar-refractivity contribution >= 4 is 27.8 Å². The minimum Gasteiger partial charge on any atom is -0.324 e. The van der Waals surface area contributed by atoms with E-state index in [0.717, 1.165) is 0 Å². The molecule has 6 heteroatoms. The van der Waals surface area contributed by atoms with Crippen molar-refractivity contribution in [2.45, 2.75) is 6.42 Å². The first-order valence-electron chi connectivity index (χ1n) is 3.79. The summed E-state index contributed by atoms with van der Waals surface area (Å²) < 4.78 is 0.678. The smallest absolute Gasteiger partial charge is 0.274 e. The number of hydrogen-bond donors (Lipinski definition) is 1. The van der Waals surface area contributed by atoms with Crippen molar-refractivity contribution in [3.63, 3.8) is 0 Å². The first kappa shape index (κ1) is 10.6. The van der Waals surface area contributed by atoms with Crippen LogP contribution in [-0.4, -0.2) is 11.1 Å². The molecule has 5 nitrogen and oxygen atoms in total. The Kier molecular flexibility index (Phi) is 3.58. The fraction of sp³-hybridized carbons (Fsp3) is 0.125. The molecular formula is C8H8BrN3O2. The molecule has 0 aromatic heterocycles. The third-order valence-electron chi connectivity index (χ3n) is 1.66. The zero-order chi connectivity index (χ0) is 10.6. The minimum atomic E-state index is -0.426. The molecule has 0 bridgehead atoms. The molecule has 2 N–H and O–H groups in total. The number of rotatable bonds is 3. The Hall–Kier alpha value is -1.43. The highest BCUT2D eigenvalue weighted by molar-refractivity contribution is 9.10. The molecular weight excluding hydrogens is 250 g/mol. The number of benzene rings is 1. The largest absolute Gasteiger partial charge is 0.324 e. The van der Waals surface area contributed by atoms with Gasteiger partial charge < -0.3 is 5.84 Å². The number of nitrogens with zero attached hydrogens (tertiary/aromatic N) is 2. The number of hydrazone groups is 1. The van der Waals surface area contributed by atoms with Gasteiger partial charge in [0.2, 0.25) is 0 Å². The molecule has 0 fully saturated rings. The summed E-state index contributed by atoms with van der Waals surface area (Å²) in [6, 6.07) is 4.87. The van der Waals surface area contributed by atoms with Crippen LogP contribution in [0, 0.1) is 10.1 Å². The zero-order valence-electron chi connectivity index (χ0n) is 7.18. The van der Waals surface area contributed by atoms with Gasteiger partial charge in [0, 0.05) is 28.7 Å². The average Bonchev–Trinajstić information content (AvgIpc) is 2.15. The molecule has 0 saturated carbocycles. The third kappa shape index (κ3) is 2.53. The first-order chi connectivity index (χ1) is 6.65. The van der Waals surface area contributed by atoms with Crippen molar-refractivity contribution in [1.29, 1.82) is 0 Å². The summed E-state index contributed by atoms with van der Waals surface area (Å²) in [6.45, 7) is 0. The molecule has 0 unspecified atom stereocenters. The maximum atomic E-state index is 10.6. The van der Waals surface area contributed by atoms with Gasteiger partial charge in [0.1, 0.15) is 0 Å². The van der Waals surface area contributed by atoms with E-state index < -0.39 is 4.92 Å². The van der Waals surface area contributed by atoms with E-state index in [-0.39, 0.29) is 5.69 Å². The number of hydrogen-bond acceptors (Lipinski definition) is 4. The summed E-state index contributed by atoms with van der Waals surface area (Å²) in [5, 5.41) is 13.9. The maximum absolute atomic E-state index is 10.6. The van der Waals surface area contributed by atoms with Gasteiger partial charge in [-0.25, -0.2) is 0 Å². The topological polar surface area (TPSA) is 81.5 Å². The molecule has 0 aliphatic carbocycles. The quantitative estimate of drug-likeness (QED) is 0.388. The predicted octanol–water partition coefficient (Wildman–Crippen LogP) is 1.84. The van der Waals surface area contributed by atoms with Gasteiger partial charge in [-0.3, -0.25) is 10.1 Å². The molecule has 1 aromatic rings. The average molecular weight is 258 g/mol. The molecule has 0 spiro atoms. The molecule has 0 saturated heterocycles. The van der Waals surface area contributed by atoms with Crippen LogP contribution in [0.1, 0.15) is 5.56 Å². The van der Waals surface area contributed by atoms with Crippen molar-refractivity contribution in [1.82, 2.24) is 0 Å². The summed E-state index contributed by atoms with van der Waals surface area (Å²) >= 11 is 3.17. The Morgan fingerprint density at radius 3 is 2.93 bits per heavy atom. The third-order valence-corrected chi connectivity index (χ3v) is 2.15. The Balaban J connectivity index is 3.08. The van der Waals surface area contributed by atoms with E-state index in [0.29, 0.717) is 16.5 Å². The van der Waals surface area contributed by atoms with E-state index in [1.807, 2.05) is 0 Å². The van der Waals surface area contributed by atoms with E-state index in [4.69, 9.17) is 5.84 Å². The van der Waals surface area contributed by atoms with Crippen molar-refractivity contribution in [3.8, 4) is 0 Å². The molecule has 0 aliphatic rings. The van der Waals surface area contributed by atoms with E-state index >= 15 is 0 Å². The Labute approximate surface area is 88.9 Å². The highest BCUT2D eigenvalue weighted by Crippen LogP contribution is 2.23. The van der Waals surface area contributed by atoms with Crippen LogP contribution in [0.25, 0.3) is 0 Å². The van der Waals surface area contributed by atoms with Crippen molar-refractivity contribution in [2.75, 3.05) is 0 Å². The lowest BCUT2D eigenvalue weighted by Crippen LogP contribution is -1.97. The van der Waals surface area contributed by atoms with Gasteiger partial charge in [0.25, 0.3) is 5.69 Å². The Morgan fingerprint density at radius 2 is 2.36 bits per heavy atom. The monoisotopic (exact) mass is 257 g/mol. The van der Waals surface area contributed by atoms with Gasteiger partial charge in [0.05, 0.1) is 4.92 Å². The fourth-order valence-electron chi connectivity index (χ4n) is 1.03. The number of nitro benzene ring substituents is 1. The van der Waals surface area contributed by atoms with Crippen LogP contribution >= 0.6 is 15.9 Å². The minimum absolute atomic E-state index is 0.0688. The second-order valence-electron chi connectivity index (χ2n) is 2.57. The molecule has 1 aromatic carbocycles. The van der Waals surface area contributed by atoms with Gasteiger partial charge >= 0.3 is 0 Å². The van der Waals surface area contributed by atoms with Crippen LogP contribution in [0.15, 0.2) is 27.8 Å². The van der Waals surface area contributed by atoms with Gasteiger partial charge in [-0.15, -0.1) is 0 Å². The summed E-state index contributed by atoms with van der Waals surface area (Å²) in [5.41, 5.74) is 0.659. The molecule has 14 heavy (non-hydrogen) atoms. The first-order valence-corrected chi connectivity index (χ1v) is 4.59. The van der Waals surface area contributed by atoms with Crippen LogP contribution in [0.4, 0.5) is 5.69 Å². The van der Waals surface area contributed by atoms with Gasteiger partial charge in [-0.2, -0.15) is 5.10 Å². The number of nitro groups is 1. The molecule has 0 atom stereocenters. The zero-order valence-corrected chi connectivity index (χ0v) is 8.77.